The highest BCUT2D eigenvalue weighted by atomic mass is 127. The summed E-state index contributed by atoms with van der Waals surface area (Å²) in [5, 5.41) is 11.6. The highest BCUT2D eigenvalue weighted by molar-refractivity contribution is 14.1. The lowest BCUT2D eigenvalue weighted by Crippen LogP contribution is -2.38. The molecule has 1 atom stereocenters. The number of nitrogens with zero attached hydrogens (tertiary/aromatic N) is 3. The number of allylic oxidation sites excluding steroid dienone is 1. The van der Waals surface area contributed by atoms with Crippen LogP contribution in [0.1, 0.15) is 41.6 Å². The molecular formula is C29H19I2N3O5S. The number of fused-ring (bicyclic) bond motifs is 3. The van der Waals surface area contributed by atoms with E-state index in [0.29, 0.717) is 32.6 Å². The zero-order valence-corrected chi connectivity index (χ0v) is 26.0. The molecule has 8 nitrogen and oxygen atoms in total. The number of aryl methyl sites for hydroxylation is 1. The van der Waals surface area contributed by atoms with E-state index in [1.807, 2.05) is 36.4 Å². The molecule has 4 aromatic rings. The van der Waals surface area contributed by atoms with Gasteiger partial charge in [0.1, 0.15) is 0 Å². The monoisotopic (exact) mass is 775 g/mol. The van der Waals surface area contributed by atoms with Gasteiger partial charge in [0.15, 0.2) is 10.6 Å². The minimum atomic E-state index is -0.536. The lowest BCUT2D eigenvalue weighted by molar-refractivity contribution is -0.384. The second-order valence-corrected chi connectivity index (χ2v) is 12.8. The van der Waals surface area contributed by atoms with E-state index in [-0.39, 0.29) is 11.2 Å². The van der Waals surface area contributed by atoms with E-state index in [0.717, 1.165) is 30.4 Å². The molecule has 200 valence electrons. The van der Waals surface area contributed by atoms with Crippen LogP contribution in [-0.4, -0.2) is 15.5 Å². The molecule has 0 radical (unpaired) electrons. The van der Waals surface area contributed by atoms with E-state index in [4.69, 9.17) is 9.73 Å². The Hall–Kier alpha value is -3.17. The Labute approximate surface area is 259 Å². The zero-order chi connectivity index (χ0) is 28.1. The summed E-state index contributed by atoms with van der Waals surface area (Å²) >= 11 is 5.55. The van der Waals surface area contributed by atoms with Gasteiger partial charge in [0.2, 0.25) is 0 Å². The standard InChI is InChI=1S/C29H19I2N3O5S/c1-15(35)39-27-18(11-19(30)14-23(27)31)13-24-28(36)33-26(17-6-4-7-20(12-17)34(37)38)22-10-9-16-5-2-3-8-21(16)25(22)32-29(33)40-24/h2-8,11-14,26H,9-10H2,1H3/b24-13+/t26-/m1/s1. The molecule has 1 aliphatic carbocycles. The van der Waals surface area contributed by atoms with Gasteiger partial charge in [-0.2, -0.15) is 0 Å². The first-order valence-corrected chi connectivity index (χ1v) is 15.2. The summed E-state index contributed by atoms with van der Waals surface area (Å²) in [5.41, 5.74) is 4.95. The van der Waals surface area contributed by atoms with E-state index in [1.165, 1.54) is 29.9 Å². The van der Waals surface area contributed by atoms with E-state index >= 15 is 0 Å². The smallest absolute Gasteiger partial charge is 0.308 e. The quantitative estimate of drug-likeness (QED) is 0.0914. The Morgan fingerprint density at radius 2 is 1.95 bits per heavy atom. The third-order valence-corrected chi connectivity index (χ3v) is 9.25. The minimum Gasteiger partial charge on any atom is -0.425 e. The molecule has 0 N–H and O–H groups in total. The second-order valence-electron chi connectivity index (χ2n) is 9.37. The Bertz CT molecular complexity index is 1960. The number of carbonyl (C=O) groups excluding carboxylic acids is 1. The van der Waals surface area contributed by atoms with Gasteiger partial charge in [-0.15, -0.1) is 0 Å². The average molecular weight is 775 g/mol. The van der Waals surface area contributed by atoms with Crippen molar-refractivity contribution in [3.8, 4) is 5.75 Å². The lowest BCUT2D eigenvalue weighted by atomic mass is 9.83. The van der Waals surface area contributed by atoms with Crippen molar-refractivity contribution in [3.05, 3.63) is 125 Å². The van der Waals surface area contributed by atoms with Gasteiger partial charge >= 0.3 is 5.97 Å². The lowest BCUT2D eigenvalue weighted by Gasteiger charge is -2.30. The highest BCUT2D eigenvalue weighted by Gasteiger charge is 2.33. The van der Waals surface area contributed by atoms with Crippen LogP contribution in [-0.2, 0) is 11.2 Å². The molecule has 0 saturated heterocycles. The van der Waals surface area contributed by atoms with Crippen LogP contribution in [0, 0.1) is 17.3 Å². The van der Waals surface area contributed by atoms with Crippen molar-refractivity contribution in [3.63, 3.8) is 0 Å². The maximum Gasteiger partial charge on any atom is 0.308 e. The van der Waals surface area contributed by atoms with Gasteiger partial charge in [-0.25, -0.2) is 4.99 Å². The average Bonchev–Trinajstić information content (AvgIpc) is 3.23. The molecule has 3 aromatic carbocycles. The molecule has 0 bridgehead atoms. The van der Waals surface area contributed by atoms with Crippen LogP contribution in [0.3, 0.4) is 0 Å². The Morgan fingerprint density at radius 1 is 1.15 bits per heavy atom. The number of benzene rings is 3. The Balaban J connectivity index is 1.63. The first kappa shape index (κ1) is 27.0. The molecule has 0 fully saturated rings. The van der Waals surface area contributed by atoms with Gasteiger partial charge in [0.25, 0.3) is 11.2 Å². The number of nitro benzene ring substituents is 1. The van der Waals surface area contributed by atoms with Crippen LogP contribution < -0.4 is 19.6 Å². The van der Waals surface area contributed by atoms with E-state index < -0.39 is 16.9 Å². The van der Waals surface area contributed by atoms with Gasteiger partial charge in [-0.1, -0.05) is 47.7 Å². The summed E-state index contributed by atoms with van der Waals surface area (Å²) < 4.78 is 9.26. The van der Waals surface area contributed by atoms with Crippen molar-refractivity contribution >= 4 is 79.9 Å². The number of non-ortho nitro benzene ring substituents is 1. The molecular weight excluding hydrogens is 756 g/mol. The van der Waals surface area contributed by atoms with Crippen molar-refractivity contribution in [1.82, 2.24) is 4.57 Å². The normalized spacial score (nSPS) is 16.1. The minimum absolute atomic E-state index is 0.0329. The molecule has 0 spiro atoms. The molecule has 40 heavy (non-hydrogen) atoms. The Morgan fingerprint density at radius 3 is 2.73 bits per heavy atom. The van der Waals surface area contributed by atoms with Crippen molar-refractivity contribution in [2.75, 3.05) is 0 Å². The van der Waals surface area contributed by atoms with Crippen LogP contribution in [0.2, 0.25) is 0 Å². The molecule has 0 unspecified atom stereocenters. The topological polar surface area (TPSA) is 104 Å². The number of aromatic nitrogens is 1. The van der Waals surface area contributed by atoms with Gasteiger partial charge in [0, 0.05) is 33.8 Å². The number of hydrogen-bond acceptors (Lipinski definition) is 7. The molecule has 6 rings (SSSR count). The third kappa shape index (κ3) is 4.83. The van der Waals surface area contributed by atoms with Crippen LogP contribution in [0.25, 0.3) is 11.8 Å². The third-order valence-electron chi connectivity index (χ3n) is 6.84. The summed E-state index contributed by atoms with van der Waals surface area (Å²) in [4.78, 5) is 42.6. The van der Waals surface area contributed by atoms with Crippen LogP contribution in [0.5, 0.6) is 5.75 Å². The summed E-state index contributed by atoms with van der Waals surface area (Å²) in [7, 11) is 0. The molecule has 1 aromatic heterocycles. The van der Waals surface area contributed by atoms with Crippen molar-refractivity contribution in [2.45, 2.75) is 25.8 Å². The second kappa shape index (κ2) is 10.7. The van der Waals surface area contributed by atoms with Crippen LogP contribution in [0.15, 0.2) is 76.0 Å². The number of esters is 1. The molecule has 0 amide bonds. The first-order chi connectivity index (χ1) is 19.2. The van der Waals surface area contributed by atoms with Crippen molar-refractivity contribution < 1.29 is 14.5 Å². The van der Waals surface area contributed by atoms with Crippen LogP contribution >= 0.6 is 56.5 Å². The van der Waals surface area contributed by atoms with Gasteiger partial charge in [-0.05, 0) is 92.9 Å². The fourth-order valence-corrected chi connectivity index (χ4v) is 8.20. The molecule has 2 aliphatic rings. The van der Waals surface area contributed by atoms with Gasteiger partial charge in [-0.3, -0.25) is 24.3 Å². The number of halogens is 2. The summed E-state index contributed by atoms with van der Waals surface area (Å²) in [6, 6.07) is 17.8. The maximum absolute atomic E-state index is 14.1. The van der Waals surface area contributed by atoms with E-state index in [9.17, 15) is 19.7 Å². The SMILES string of the molecule is CC(=O)Oc1c(I)cc(I)cc1/C=c1/sc2n(c1=O)[C@H](c1cccc([N+](=O)[O-])c1)C1=C(N=2)c2ccccc2CC1. The number of nitro groups is 1. The number of ether oxygens (including phenoxy) is 1. The summed E-state index contributed by atoms with van der Waals surface area (Å²) in [6.45, 7) is 1.34. The zero-order valence-electron chi connectivity index (χ0n) is 20.9. The highest BCUT2D eigenvalue weighted by Crippen LogP contribution is 2.41. The number of carbonyl (C=O) groups is 1. The summed E-state index contributed by atoms with van der Waals surface area (Å²) in [5.74, 6) is -0.0601. The van der Waals surface area contributed by atoms with Crippen LogP contribution in [0.4, 0.5) is 5.69 Å². The van der Waals surface area contributed by atoms with Gasteiger partial charge < -0.3 is 4.74 Å². The molecule has 0 saturated carbocycles. The molecule has 2 heterocycles. The maximum atomic E-state index is 14.1. The fourth-order valence-electron chi connectivity index (χ4n) is 5.21. The molecule has 11 heteroatoms. The fraction of sp³-hybridized carbons (Fsp3) is 0.138. The Kier molecular flexibility index (Phi) is 7.21. The molecule has 1 aliphatic heterocycles. The predicted octanol–water partition coefficient (Wildman–Crippen LogP) is 5.36. The van der Waals surface area contributed by atoms with Gasteiger partial charge in [0.05, 0.1) is 24.8 Å². The number of hydrogen-bond donors (Lipinski definition) is 0. The van der Waals surface area contributed by atoms with E-state index in [2.05, 4.69) is 51.2 Å². The largest absolute Gasteiger partial charge is 0.425 e. The number of thiazole rings is 1. The predicted molar refractivity (Wildman–Crippen MR) is 169 cm³/mol. The van der Waals surface area contributed by atoms with E-state index in [1.54, 1.807) is 22.8 Å². The number of rotatable bonds is 4. The van der Waals surface area contributed by atoms with Crippen molar-refractivity contribution in [2.24, 2.45) is 4.99 Å². The van der Waals surface area contributed by atoms with Crippen molar-refractivity contribution in [1.29, 1.82) is 0 Å². The first-order valence-electron chi connectivity index (χ1n) is 12.3. The summed E-state index contributed by atoms with van der Waals surface area (Å²) in [6.07, 6.45) is 3.19.